The SMILES string of the molecule is Clc1ccccc1Nc1nccn2c(-c3ccc4[nH]ccc4c3)cnc12. The van der Waals surface area contributed by atoms with Gasteiger partial charge in [-0.2, -0.15) is 0 Å². The molecule has 6 heteroatoms. The lowest BCUT2D eigenvalue weighted by Crippen LogP contribution is -1.99. The first-order chi connectivity index (χ1) is 12.8. The van der Waals surface area contributed by atoms with Crippen molar-refractivity contribution < 1.29 is 0 Å². The smallest absolute Gasteiger partial charge is 0.180 e. The third-order valence-electron chi connectivity index (χ3n) is 4.40. The third kappa shape index (κ3) is 2.41. The monoisotopic (exact) mass is 359 g/mol. The number of anilines is 2. The molecule has 26 heavy (non-hydrogen) atoms. The van der Waals surface area contributed by atoms with Crippen molar-refractivity contribution in [1.82, 2.24) is 19.4 Å². The third-order valence-corrected chi connectivity index (χ3v) is 4.73. The van der Waals surface area contributed by atoms with E-state index in [1.165, 1.54) is 5.39 Å². The van der Waals surface area contributed by atoms with Gasteiger partial charge >= 0.3 is 0 Å². The Labute approximate surface area is 154 Å². The van der Waals surface area contributed by atoms with Crippen LogP contribution in [0.4, 0.5) is 11.5 Å². The molecule has 0 saturated carbocycles. The highest BCUT2D eigenvalue weighted by atomic mass is 35.5. The Morgan fingerprint density at radius 3 is 2.88 bits per heavy atom. The zero-order chi connectivity index (χ0) is 17.5. The van der Waals surface area contributed by atoms with Crippen LogP contribution < -0.4 is 5.32 Å². The summed E-state index contributed by atoms with van der Waals surface area (Å²) in [6, 6.07) is 16.0. The van der Waals surface area contributed by atoms with Gasteiger partial charge in [0.25, 0.3) is 0 Å². The number of imidazole rings is 1. The van der Waals surface area contributed by atoms with E-state index in [2.05, 4.69) is 44.5 Å². The highest BCUT2D eigenvalue weighted by Gasteiger charge is 2.12. The predicted molar refractivity (Wildman–Crippen MR) is 105 cm³/mol. The summed E-state index contributed by atoms with van der Waals surface area (Å²) in [5, 5.41) is 5.08. The topological polar surface area (TPSA) is 58.0 Å². The Bertz CT molecular complexity index is 1240. The number of rotatable bonds is 3. The number of H-pyrrole nitrogens is 1. The zero-order valence-corrected chi connectivity index (χ0v) is 14.4. The maximum Gasteiger partial charge on any atom is 0.180 e. The van der Waals surface area contributed by atoms with Crippen LogP contribution in [0, 0.1) is 0 Å². The van der Waals surface area contributed by atoms with Gasteiger partial charge in [0.05, 0.1) is 22.6 Å². The van der Waals surface area contributed by atoms with Crippen LogP contribution in [0.2, 0.25) is 5.02 Å². The second-order valence-electron chi connectivity index (χ2n) is 6.00. The Morgan fingerprint density at radius 2 is 1.96 bits per heavy atom. The van der Waals surface area contributed by atoms with E-state index in [4.69, 9.17) is 11.6 Å². The van der Waals surface area contributed by atoms with E-state index in [9.17, 15) is 0 Å². The zero-order valence-electron chi connectivity index (χ0n) is 13.6. The van der Waals surface area contributed by atoms with Crippen molar-refractivity contribution in [3.05, 3.63) is 78.3 Å². The number of fused-ring (bicyclic) bond motifs is 2. The summed E-state index contributed by atoms with van der Waals surface area (Å²) in [6.45, 7) is 0. The summed E-state index contributed by atoms with van der Waals surface area (Å²) >= 11 is 6.25. The summed E-state index contributed by atoms with van der Waals surface area (Å²) in [7, 11) is 0. The van der Waals surface area contributed by atoms with E-state index >= 15 is 0 Å². The van der Waals surface area contributed by atoms with Crippen LogP contribution in [0.3, 0.4) is 0 Å². The molecule has 0 spiro atoms. The molecule has 5 aromatic rings. The number of nitrogens with one attached hydrogen (secondary N) is 2. The number of hydrogen-bond donors (Lipinski definition) is 2. The van der Waals surface area contributed by atoms with Gasteiger partial charge in [-0.1, -0.05) is 29.8 Å². The first kappa shape index (κ1) is 15.0. The first-order valence-corrected chi connectivity index (χ1v) is 8.58. The summed E-state index contributed by atoms with van der Waals surface area (Å²) in [5.74, 6) is 0.662. The van der Waals surface area contributed by atoms with Crippen LogP contribution in [0.5, 0.6) is 0 Å². The molecule has 0 radical (unpaired) electrons. The molecular weight excluding hydrogens is 346 g/mol. The Hall–Kier alpha value is -3.31. The highest BCUT2D eigenvalue weighted by molar-refractivity contribution is 6.33. The van der Waals surface area contributed by atoms with Gasteiger partial charge in [-0.05, 0) is 30.3 Å². The summed E-state index contributed by atoms with van der Waals surface area (Å²) in [4.78, 5) is 12.2. The van der Waals surface area contributed by atoms with E-state index < -0.39 is 0 Å². The number of aromatic nitrogens is 4. The number of nitrogens with zero attached hydrogens (tertiary/aromatic N) is 3. The van der Waals surface area contributed by atoms with Crippen LogP contribution in [0.15, 0.2) is 73.3 Å². The molecule has 0 atom stereocenters. The number of aromatic amines is 1. The number of benzene rings is 2. The minimum absolute atomic E-state index is 0.640. The van der Waals surface area contributed by atoms with Gasteiger partial charge in [0.2, 0.25) is 0 Å². The van der Waals surface area contributed by atoms with Crippen LogP contribution in [0.1, 0.15) is 0 Å². The fourth-order valence-corrected chi connectivity index (χ4v) is 3.31. The Kier molecular flexibility index (Phi) is 3.40. The fraction of sp³-hybridized carbons (Fsp3) is 0. The van der Waals surface area contributed by atoms with Crippen molar-refractivity contribution in [2.45, 2.75) is 0 Å². The number of halogens is 1. The minimum atomic E-state index is 0.640. The molecule has 126 valence electrons. The average Bonchev–Trinajstić information content (AvgIpc) is 3.30. The second kappa shape index (κ2) is 5.89. The van der Waals surface area contributed by atoms with Gasteiger partial charge in [0.15, 0.2) is 11.5 Å². The highest BCUT2D eigenvalue weighted by Crippen LogP contribution is 2.29. The molecule has 0 amide bonds. The van der Waals surface area contributed by atoms with Crippen LogP contribution in [0.25, 0.3) is 27.8 Å². The lowest BCUT2D eigenvalue weighted by atomic mass is 10.1. The van der Waals surface area contributed by atoms with Gasteiger partial charge in [-0.3, -0.25) is 4.40 Å². The summed E-state index contributed by atoms with van der Waals surface area (Å²) < 4.78 is 2.03. The predicted octanol–water partition coefficient (Wildman–Crippen LogP) is 5.27. The molecule has 0 fully saturated rings. The maximum absolute atomic E-state index is 6.25. The molecule has 3 aromatic heterocycles. The van der Waals surface area contributed by atoms with Gasteiger partial charge in [-0.25, -0.2) is 9.97 Å². The Morgan fingerprint density at radius 1 is 1.04 bits per heavy atom. The molecule has 0 saturated heterocycles. The van der Waals surface area contributed by atoms with Crippen LogP contribution in [-0.4, -0.2) is 19.4 Å². The molecule has 0 aliphatic carbocycles. The summed E-state index contributed by atoms with van der Waals surface area (Å²) in [6.07, 6.45) is 7.48. The van der Waals surface area contributed by atoms with Crippen molar-refractivity contribution in [2.24, 2.45) is 0 Å². The number of para-hydroxylation sites is 1. The normalized spacial score (nSPS) is 11.3. The van der Waals surface area contributed by atoms with Gasteiger partial charge in [0, 0.05) is 35.1 Å². The van der Waals surface area contributed by atoms with Crippen molar-refractivity contribution in [3.8, 4) is 11.3 Å². The maximum atomic E-state index is 6.25. The van der Waals surface area contributed by atoms with E-state index in [1.54, 1.807) is 6.20 Å². The van der Waals surface area contributed by atoms with Crippen molar-refractivity contribution >= 4 is 39.7 Å². The van der Waals surface area contributed by atoms with Crippen LogP contribution in [-0.2, 0) is 0 Å². The molecule has 2 aromatic carbocycles. The molecule has 5 rings (SSSR count). The van der Waals surface area contributed by atoms with Gasteiger partial charge in [-0.15, -0.1) is 0 Å². The van der Waals surface area contributed by atoms with Crippen molar-refractivity contribution in [3.63, 3.8) is 0 Å². The lowest BCUT2D eigenvalue weighted by molar-refractivity contribution is 1.13. The van der Waals surface area contributed by atoms with Crippen molar-refractivity contribution in [2.75, 3.05) is 5.32 Å². The molecule has 0 aliphatic rings. The molecule has 5 nitrogen and oxygen atoms in total. The van der Waals surface area contributed by atoms with Crippen LogP contribution >= 0.6 is 11.6 Å². The molecule has 2 N–H and O–H groups in total. The first-order valence-electron chi connectivity index (χ1n) is 8.21. The largest absolute Gasteiger partial charge is 0.361 e. The molecule has 0 unspecified atom stereocenters. The minimum Gasteiger partial charge on any atom is -0.361 e. The van der Waals surface area contributed by atoms with Gasteiger partial charge in [0.1, 0.15) is 0 Å². The average molecular weight is 360 g/mol. The number of hydrogen-bond acceptors (Lipinski definition) is 3. The quantitative estimate of drug-likeness (QED) is 0.461. The van der Waals surface area contributed by atoms with Crippen molar-refractivity contribution in [1.29, 1.82) is 0 Å². The molecular formula is C20H14ClN5. The Balaban J connectivity index is 1.62. The molecule has 0 bridgehead atoms. The standard InChI is InChI=1S/C20H14ClN5/c21-15-3-1-2-4-17(15)25-19-20-24-12-18(26(20)10-9-23-19)14-5-6-16-13(11-14)7-8-22-16/h1-12,22H,(H,23,25). The van der Waals surface area contributed by atoms with E-state index in [1.807, 2.05) is 47.3 Å². The lowest BCUT2D eigenvalue weighted by Gasteiger charge is -2.09. The van der Waals surface area contributed by atoms with E-state index in [0.717, 1.165) is 28.1 Å². The molecule has 3 heterocycles. The summed E-state index contributed by atoms with van der Waals surface area (Å²) in [5.41, 5.74) is 4.77. The van der Waals surface area contributed by atoms with Gasteiger partial charge < -0.3 is 10.3 Å². The second-order valence-corrected chi connectivity index (χ2v) is 6.40. The molecule has 0 aliphatic heterocycles. The fourth-order valence-electron chi connectivity index (χ4n) is 3.12. The van der Waals surface area contributed by atoms with E-state index in [-0.39, 0.29) is 0 Å². The van der Waals surface area contributed by atoms with E-state index in [0.29, 0.717) is 10.8 Å².